The zero-order valence-corrected chi connectivity index (χ0v) is 35.4. The summed E-state index contributed by atoms with van der Waals surface area (Å²) in [7, 11) is 0. The molecule has 67 heavy (non-hydrogen) atoms. The second-order valence-electron chi connectivity index (χ2n) is 14.7. The fraction of sp³-hybridized carbons (Fsp3) is 0.349. The largest absolute Gasteiger partial charge is 0.481 e. The van der Waals surface area contributed by atoms with E-state index >= 15 is 0 Å². The van der Waals surface area contributed by atoms with Gasteiger partial charge in [0.2, 0.25) is 35.1 Å². The van der Waals surface area contributed by atoms with E-state index in [1.54, 1.807) is 31.2 Å². The molecule has 3 aromatic rings. The number of carbonyl (C=O) groups is 10. The van der Waals surface area contributed by atoms with Gasteiger partial charge in [-0.05, 0) is 75.8 Å². The van der Waals surface area contributed by atoms with Crippen molar-refractivity contribution in [2.24, 2.45) is 0 Å². The Bertz CT molecular complexity index is 2360. The van der Waals surface area contributed by atoms with E-state index in [0.29, 0.717) is 5.56 Å². The summed E-state index contributed by atoms with van der Waals surface area (Å²) in [6.07, 6.45) is -4.07. The van der Waals surface area contributed by atoms with Crippen LogP contribution in [-0.2, 0) is 33.6 Å². The highest BCUT2D eigenvalue weighted by Gasteiger charge is 2.33. The summed E-state index contributed by atoms with van der Waals surface area (Å²) in [5, 5.41) is 49.2. The third-order valence-corrected chi connectivity index (χ3v) is 9.56. The Morgan fingerprint density at radius 2 is 0.985 bits per heavy atom. The van der Waals surface area contributed by atoms with Crippen molar-refractivity contribution in [3.05, 3.63) is 100 Å². The molecular formula is C43H45F4N5O15. The summed E-state index contributed by atoms with van der Waals surface area (Å²) in [6.45, 7) is 1.95. The molecule has 0 heterocycles. The minimum Gasteiger partial charge on any atom is -0.481 e. The van der Waals surface area contributed by atoms with Crippen molar-refractivity contribution in [3.63, 3.8) is 0 Å². The van der Waals surface area contributed by atoms with Crippen LogP contribution in [0.2, 0.25) is 0 Å². The lowest BCUT2D eigenvalue weighted by Gasteiger charge is -2.26. The molecule has 5 amide bonds. The van der Waals surface area contributed by atoms with Crippen molar-refractivity contribution in [1.82, 2.24) is 26.6 Å². The Morgan fingerprint density at radius 1 is 0.537 bits per heavy atom. The van der Waals surface area contributed by atoms with Gasteiger partial charge in [-0.15, -0.1) is 0 Å². The molecule has 0 fully saturated rings. The number of nitrogens with one attached hydrogen (secondary N) is 5. The number of aliphatic carboxylic acids is 4. The molecule has 0 aromatic heterocycles. The van der Waals surface area contributed by atoms with Crippen molar-refractivity contribution < 1.29 is 90.7 Å². The number of carboxylic acids is 4. The first-order valence-electron chi connectivity index (χ1n) is 20.2. The highest BCUT2D eigenvalue weighted by Crippen LogP contribution is 2.27. The van der Waals surface area contributed by atoms with Gasteiger partial charge in [0.15, 0.2) is 11.6 Å². The Labute approximate surface area is 377 Å². The molecule has 20 nitrogen and oxygen atoms in total. The predicted molar refractivity (Wildman–Crippen MR) is 220 cm³/mol. The first-order valence-corrected chi connectivity index (χ1v) is 20.2. The zero-order valence-electron chi connectivity index (χ0n) is 35.4. The highest BCUT2D eigenvalue weighted by molar-refractivity contribution is 6.01. The molecule has 0 spiro atoms. The maximum atomic E-state index is 14.1. The Balaban J connectivity index is 1.76. The first-order chi connectivity index (χ1) is 31.6. The standard InChI is InChI=1S/C43H45F4N5O15/c1-21-6-4-7-22(18-21)37(59)48-17-3-2-10-30(42(64)65)52-41(63)29(13-16-33(57)58)51-40(62)28(12-15-32(55)56)50-39(61)27(11-14-31(53)54)49-38(60)23-8-5-9-24(19-23)43(66)67-36-34(46)25(44)20-26(45)35(36)47/h4-9,18-20,27-30H,2-3,10-17H2,1H3,(H,48,59)(H,49,60)(H,50,61)(H,51,62)(H,52,63)(H,53,54)(H,55,56)(H,57,58)(H,64,65). The van der Waals surface area contributed by atoms with E-state index in [1.807, 2.05) is 0 Å². The Morgan fingerprint density at radius 3 is 1.46 bits per heavy atom. The number of esters is 1. The molecule has 3 aromatic carbocycles. The molecule has 0 aliphatic heterocycles. The van der Waals surface area contributed by atoms with Gasteiger partial charge in [0.05, 0.1) is 5.56 Å². The van der Waals surface area contributed by atoms with Crippen LogP contribution in [0.5, 0.6) is 5.75 Å². The third-order valence-electron chi connectivity index (χ3n) is 9.56. The van der Waals surface area contributed by atoms with Crippen LogP contribution in [0.25, 0.3) is 0 Å². The molecule has 3 rings (SSSR count). The van der Waals surface area contributed by atoms with Crippen molar-refractivity contribution in [3.8, 4) is 5.75 Å². The molecule has 0 bridgehead atoms. The van der Waals surface area contributed by atoms with Crippen LogP contribution in [0, 0.1) is 30.2 Å². The van der Waals surface area contributed by atoms with Crippen LogP contribution >= 0.6 is 0 Å². The molecule has 9 N–H and O–H groups in total. The number of aryl methyl sites for hydroxylation is 1. The molecule has 0 aliphatic rings. The Hall–Kier alpha value is -7.92. The summed E-state index contributed by atoms with van der Waals surface area (Å²) in [5.41, 5.74) is 0.192. The third kappa shape index (κ3) is 17.2. The lowest BCUT2D eigenvalue weighted by Crippen LogP contribution is -2.58. The summed E-state index contributed by atoms with van der Waals surface area (Å²) >= 11 is 0. The van der Waals surface area contributed by atoms with Gasteiger partial charge in [-0.2, -0.15) is 8.78 Å². The summed E-state index contributed by atoms with van der Waals surface area (Å²) in [6, 6.07) is 3.43. The molecule has 0 aliphatic carbocycles. The molecule has 0 saturated carbocycles. The fourth-order valence-corrected chi connectivity index (χ4v) is 6.07. The van der Waals surface area contributed by atoms with Crippen LogP contribution in [0.1, 0.15) is 94.4 Å². The van der Waals surface area contributed by atoms with Crippen molar-refractivity contribution in [1.29, 1.82) is 0 Å². The number of ether oxygens (including phenoxy) is 1. The van der Waals surface area contributed by atoms with E-state index in [0.717, 1.165) is 29.8 Å². The number of hydrogen-bond donors (Lipinski definition) is 9. The maximum Gasteiger partial charge on any atom is 0.343 e. The number of unbranched alkanes of at least 4 members (excludes halogenated alkanes) is 1. The number of hydrogen-bond acceptors (Lipinski definition) is 11. The normalized spacial score (nSPS) is 12.6. The van der Waals surface area contributed by atoms with Crippen LogP contribution in [0.3, 0.4) is 0 Å². The van der Waals surface area contributed by atoms with E-state index in [2.05, 4.69) is 31.3 Å². The SMILES string of the molecule is Cc1cccc(C(=O)NCCCCC(NC(=O)C(CCC(=O)O)NC(=O)C(CCC(=O)O)NC(=O)C(CCC(=O)O)NC(=O)c2cccc(C(=O)Oc3c(F)c(F)cc(F)c3F)c2)C(=O)O)c1. The molecule has 4 atom stereocenters. The Kier molecular flexibility index (Phi) is 20.4. The van der Waals surface area contributed by atoms with Crippen molar-refractivity contribution in [2.45, 2.75) is 88.9 Å². The van der Waals surface area contributed by atoms with Gasteiger partial charge in [0.1, 0.15) is 24.2 Å². The van der Waals surface area contributed by atoms with Gasteiger partial charge in [-0.25, -0.2) is 18.4 Å². The smallest absolute Gasteiger partial charge is 0.343 e. The van der Waals surface area contributed by atoms with Gasteiger partial charge >= 0.3 is 29.8 Å². The predicted octanol–water partition coefficient (Wildman–Crippen LogP) is 2.60. The molecule has 0 saturated heterocycles. The number of amides is 5. The number of halogens is 4. The molecule has 4 unspecified atom stereocenters. The van der Waals surface area contributed by atoms with Gasteiger partial charge in [0, 0.05) is 43.0 Å². The summed E-state index contributed by atoms with van der Waals surface area (Å²) in [5.74, 6) is -22.4. The number of carboxylic acid groups (broad SMARTS) is 4. The van der Waals surface area contributed by atoms with Crippen LogP contribution in [0.4, 0.5) is 17.6 Å². The lowest BCUT2D eigenvalue weighted by molar-refractivity contribution is -0.143. The van der Waals surface area contributed by atoms with E-state index in [9.17, 15) is 85.9 Å². The van der Waals surface area contributed by atoms with Gasteiger partial charge in [-0.1, -0.05) is 23.8 Å². The lowest BCUT2D eigenvalue weighted by atomic mass is 10.0. The average molecular weight is 948 g/mol. The highest BCUT2D eigenvalue weighted by atomic mass is 19.2. The minimum absolute atomic E-state index is 0.133. The van der Waals surface area contributed by atoms with E-state index in [4.69, 9.17) is 0 Å². The topological polar surface area (TPSA) is 321 Å². The second-order valence-corrected chi connectivity index (χ2v) is 14.7. The van der Waals surface area contributed by atoms with Gasteiger partial charge in [0.25, 0.3) is 11.8 Å². The first kappa shape index (κ1) is 53.4. The van der Waals surface area contributed by atoms with Crippen LogP contribution < -0.4 is 31.3 Å². The molecular weight excluding hydrogens is 902 g/mol. The molecule has 24 heteroatoms. The van der Waals surface area contributed by atoms with Crippen LogP contribution in [0.15, 0.2) is 54.6 Å². The maximum absolute atomic E-state index is 14.1. The summed E-state index contributed by atoms with van der Waals surface area (Å²) in [4.78, 5) is 126. The van der Waals surface area contributed by atoms with Crippen molar-refractivity contribution >= 4 is 59.4 Å². The average Bonchev–Trinajstić information content (AvgIpc) is 3.27. The van der Waals surface area contributed by atoms with Crippen LogP contribution in [-0.4, -0.2) is 111 Å². The quantitative estimate of drug-likeness (QED) is 0.0184. The minimum atomic E-state index is -2.05. The number of benzene rings is 3. The molecule has 0 radical (unpaired) electrons. The second kappa shape index (κ2) is 25.5. The zero-order chi connectivity index (χ0) is 50.0. The van der Waals surface area contributed by atoms with E-state index < -0.39 is 156 Å². The summed E-state index contributed by atoms with van der Waals surface area (Å²) < 4.78 is 60.1. The van der Waals surface area contributed by atoms with E-state index in [1.165, 1.54) is 0 Å². The van der Waals surface area contributed by atoms with E-state index in [-0.39, 0.29) is 37.8 Å². The van der Waals surface area contributed by atoms with Gasteiger partial charge in [-0.3, -0.25) is 38.4 Å². The number of rotatable bonds is 26. The fourth-order valence-electron chi connectivity index (χ4n) is 6.07. The van der Waals surface area contributed by atoms with Crippen molar-refractivity contribution in [2.75, 3.05) is 6.54 Å². The number of carbonyl (C=O) groups excluding carboxylic acids is 6. The van der Waals surface area contributed by atoms with Gasteiger partial charge < -0.3 is 51.7 Å². The molecule has 360 valence electrons. The monoisotopic (exact) mass is 947 g/mol.